The van der Waals surface area contributed by atoms with Crippen LogP contribution in [0.5, 0.6) is 0 Å². The van der Waals surface area contributed by atoms with Crippen LogP contribution in [0.1, 0.15) is 57.8 Å². The van der Waals surface area contributed by atoms with Crippen LogP contribution in [0.25, 0.3) is 0 Å². The van der Waals surface area contributed by atoms with Crippen molar-refractivity contribution >= 4 is 11.9 Å². The van der Waals surface area contributed by atoms with Gasteiger partial charge in [-0.3, -0.25) is 9.69 Å². The monoisotopic (exact) mass is 431 g/mol. The SMILES string of the molecule is N#CC1(NC(=O)C(CC2CCCCC2)C2COCCN2C(N)=O)CCN(CC2CC2)C1. The number of nitrogens with one attached hydrogen (secondary N) is 1. The number of nitriles is 1. The fourth-order valence-electron chi connectivity index (χ4n) is 5.71. The molecule has 2 aliphatic carbocycles. The van der Waals surface area contributed by atoms with E-state index in [1.807, 2.05) is 0 Å². The van der Waals surface area contributed by atoms with E-state index in [-0.39, 0.29) is 11.9 Å². The first kappa shape index (κ1) is 22.3. The molecular weight excluding hydrogens is 394 g/mol. The van der Waals surface area contributed by atoms with Crippen LogP contribution in [0.2, 0.25) is 0 Å². The van der Waals surface area contributed by atoms with Crippen LogP contribution in [0, 0.1) is 29.1 Å². The van der Waals surface area contributed by atoms with E-state index in [4.69, 9.17) is 10.5 Å². The summed E-state index contributed by atoms with van der Waals surface area (Å²) in [4.78, 5) is 29.6. The second-order valence-electron chi connectivity index (χ2n) is 10.1. The van der Waals surface area contributed by atoms with Crippen molar-refractivity contribution < 1.29 is 14.3 Å². The number of ether oxygens (including phenoxy) is 1. The molecule has 3 N–H and O–H groups in total. The Balaban J connectivity index is 1.48. The Hall–Kier alpha value is -1.85. The van der Waals surface area contributed by atoms with Gasteiger partial charge in [0.05, 0.1) is 31.2 Å². The van der Waals surface area contributed by atoms with Gasteiger partial charge >= 0.3 is 6.03 Å². The molecule has 8 nitrogen and oxygen atoms in total. The molecular formula is C23H37N5O3. The molecule has 0 spiro atoms. The predicted octanol–water partition coefficient (Wildman–Crippen LogP) is 1.85. The maximum Gasteiger partial charge on any atom is 0.315 e. The third kappa shape index (κ3) is 5.50. The quantitative estimate of drug-likeness (QED) is 0.639. The number of amides is 3. The molecule has 0 aromatic heterocycles. The van der Waals surface area contributed by atoms with Gasteiger partial charge in [0.25, 0.3) is 0 Å². The topological polar surface area (TPSA) is 112 Å². The zero-order valence-electron chi connectivity index (χ0n) is 18.6. The van der Waals surface area contributed by atoms with Crippen LogP contribution in [0.15, 0.2) is 0 Å². The van der Waals surface area contributed by atoms with E-state index in [0.29, 0.717) is 38.6 Å². The van der Waals surface area contributed by atoms with Gasteiger partial charge in [-0.15, -0.1) is 0 Å². The van der Waals surface area contributed by atoms with Crippen LogP contribution in [-0.4, -0.2) is 72.7 Å². The Morgan fingerprint density at radius 3 is 2.61 bits per heavy atom. The molecule has 3 amide bonds. The first-order valence-corrected chi connectivity index (χ1v) is 12.1. The molecule has 31 heavy (non-hydrogen) atoms. The Labute approximate surface area is 185 Å². The number of carbonyl (C=O) groups excluding carboxylic acids is 2. The van der Waals surface area contributed by atoms with Crippen molar-refractivity contribution in [3.63, 3.8) is 0 Å². The summed E-state index contributed by atoms with van der Waals surface area (Å²) < 4.78 is 5.67. The number of carbonyl (C=O) groups is 2. The number of morpholine rings is 1. The zero-order valence-corrected chi connectivity index (χ0v) is 18.6. The minimum absolute atomic E-state index is 0.123. The van der Waals surface area contributed by atoms with Crippen molar-refractivity contribution in [1.29, 1.82) is 5.26 Å². The van der Waals surface area contributed by atoms with E-state index in [2.05, 4.69) is 16.3 Å². The van der Waals surface area contributed by atoms with Crippen LogP contribution >= 0.6 is 0 Å². The number of nitrogens with zero attached hydrogens (tertiary/aromatic N) is 3. The summed E-state index contributed by atoms with van der Waals surface area (Å²) in [6.07, 6.45) is 9.79. The van der Waals surface area contributed by atoms with Crippen LogP contribution in [0.3, 0.4) is 0 Å². The second-order valence-corrected chi connectivity index (χ2v) is 10.1. The maximum atomic E-state index is 13.6. The van der Waals surface area contributed by atoms with Gasteiger partial charge in [-0.2, -0.15) is 5.26 Å². The molecule has 0 aromatic carbocycles. The van der Waals surface area contributed by atoms with E-state index in [1.165, 1.54) is 32.1 Å². The van der Waals surface area contributed by atoms with Crippen LogP contribution in [0.4, 0.5) is 4.79 Å². The Bertz CT molecular complexity index is 700. The first-order chi connectivity index (χ1) is 15.0. The number of hydrogen-bond donors (Lipinski definition) is 2. The van der Waals surface area contributed by atoms with Gasteiger partial charge in [-0.25, -0.2) is 4.79 Å². The van der Waals surface area contributed by atoms with E-state index >= 15 is 0 Å². The molecule has 8 heteroatoms. The highest BCUT2D eigenvalue weighted by molar-refractivity contribution is 5.82. The second kappa shape index (κ2) is 9.74. The largest absolute Gasteiger partial charge is 0.377 e. The minimum Gasteiger partial charge on any atom is -0.377 e. The molecule has 3 unspecified atom stereocenters. The lowest BCUT2D eigenvalue weighted by atomic mass is 9.79. The normalized spacial score (nSPS) is 31.2. The van der Waals surface area contributed by atoms with Crippen molar-refractivity contribution in [2.45, 2.75) is 69.4 Å². The molecule has 4 aliphatic rings. The number of urea groups is 1. The van der Waals surface area contributed by atoms with Crippen molar-refractivity contribution in [2.75, 3.05) is 39.4 Å². The summed E-state index contributed by atoms with van der Waals surface area (Å²) in [5, 5.41) is 13.1. The lowest BCUT2D eigenvalue weighted by molar-refractivity contribution is -0.131. The zero-order chi connectivity index (χ0) is 21.8. The Morgan fingerprint density at radius 2 is 1.94 bits per heavy atom. The summed E-state index contributed by atoms with van der Waals surface area (Å²) in [6, 6.07) is 1.55. The minimum atomic E-state index is -0.843. The third-order valence-electron chi connectivity index (χ3n) is 7.70. The Kier molecular flexibility index (Phi) is 7.02. The lowest BCUT2D eigenvalue weighted by Crippen LogP contribution is -2.59. The van der Waals surface area contributed by atoms with Crippen molar-refractivity contribution in [3.8, 4) is 6.07 Å². The predicted molar refractivity (Wildman–Crippen MR) is 116 cm³/mol. The molecule has 2 heterocycles. The van der Waals surface area contributed by atoms with Gasteiger partial charge in [-0.05, 0) is 37.5 Å². The average molecular weight is 432 g/mol. The van der Waals surface area contributed by atoms with Gasteiger partial charge in [0.15, 0.2) is 0 Å². The number of hydrogen-bond acceptors (Lipinski definition) is 5. The molecule has 4 rings (SSSR count). The van der Waals surface area contributed by atoms with Gasteiger partial charge < -0.3 is 20.7 Å². The fraction of sp³-hybridized carbons (Fsp3) is 0.870. The maximum absolute atomic E-state index is 13.6. The van der Waals surface area contributed by atoms with Gasteiger partial charge in [-0.1, -0.05) is 32.1 Å². The summed E-state index contributed by atoms with van der Waals surface area (Å²) in [5.74, 6) is 0.697. The van der Waals surface area contributed by atoms with Gasteiger partial charge in [0.1, 0.15) is 5.54 Å². The molecule has 172 valence electrons. The summed E-state index contributed by atoms with van der Waals surface area (Å²) in [7, 11) is 0. The van der Waals surface area contributed by atoms with E-state index in [1.54, 1.807) is 4.90 Å². The first-order valence-electron chi connectivity index (χ1n) is 12.1. The highest BCUT2D eigenvalue weighted by atomic mass is 16.5. The van der Waals surface area contributed by atoms with Crippen LogP contribution < -0.4 is 11.1 Å². The van der Waals surface area contributed by atoms with Gasteiger partial charge in [0, 0.05) is 26.2 Å². The highest BCUT2D eigenvalue weighted by Gasteiger charge is 2.45. The third-order valence-corrected chi connectivity index (χ3v) is 7.70. The highest BCUT2D eigenvalue weighted by Crippen LogP contribution is 2.34. The summed E-state index contributed by atoms with van der Waals surface area (Å²) in [5.41, 5.74) is 4.81. The Morgan fingerprint density at radius 1 is 1.16 bits per heavy atom. The molecule has 0 bridgehead atoms. The molecule has 2 saturated carbocycles. The van der Waals surface area contributed by atoms with Gasteiger partial charge in [0.2, 0.25) is 5.91 Å². The van der Waals surface area contributed by atoms with E-state index in [9.17, 15) is 14.9 Å². The van der Waals surface area contributed by atoms with Crippen molar-refractivity contribution in [2.24, 2.45) is 23.5 Å². The van der Waals surface area contributed by atoms with Crippen molar-refractivity contribution in [3.05, 3.63) is 0 Å². The summed E-state index contributed by atoms with van der Waals surface area (Å²) in [6.45, 7) is 3.63. The molecule has 0 radical (unpaired) electrons. The number of nitrogens with two attached hydrogens (primary N) is 1. The molecule has 3 atom stereocenters. The smallest absolute Gasteiger partial charge is 0.315 e. The number of rotatable bonds is 7. The number of primary amides is 1. The van der Waals surface area contributed by atoms with Crippen molar-refractivity contribution in [1.82, 2.24) is 15.1 Å². The standard InChI is InChI=1S/C23H37N5O3/c24-15-23(8-9-27(16-23)13-18-6-7-18)26-21(29)19(12-17-4-2-1-3-5-17)20-14-31-11-10-28(20)22(25)30/h17-20H,1-14,16H2,(H2,25,30)(H,26,29). The number of likely N-dealkylation sites (tertiary alicyclic amines) is 1. The molecule has 4 fully saturated rings. The lowest BCUT2D eigenvalue weighted by Gasteiger charge is -2.40. The summed E-state index contributed by atoms with van der Waals surface area (Å²) >= 11 is 0. The molecule has 2 saturated heterocycles. The fourth-order valence-corrected chi connectivity index (χ4v) is 5.71. The van der Waals surface area contributed by atoms with E-state index < -0.39 is 17.5 Å². The molecule has 0 aromatic rings. The van der Waals surface area contributed by atoms with Crippen LogP contribution in [-0.2, 0) is 9.53 Å². The van der Waals surface area contributed by atoms with E-state index in [0.717, 1.165) is 38.3 Å². The molecule has 2 aliphatic heterocycles. The average Bonchev–Trinajstić information content (AvgIpc) is 3.51.